The first-order chi connectivity index (χ1) is 12.4. The number of furan rings is 1. The Morgan fingerprint density at radius 1 is 1.27 bits per heavy atom. The van der Waals surface area contributed by atoms with E-state index in [9.17, 15) is 19.8 Å². The molecule has 0 aliphatic carbocycles. The third kappa shape index (κ3) is 3.02. The highest BCUT2D eigenvalue weighted by Gasteiger charge is 2.23. The fraction of sp³-hybridized carbons (Fsp3) is 0.222. The van der Waals surface area contributed by atoms with E-state index in [4.69, 9.17) is 14.9 Å². The number of benzene rings is 2. The maximum Gasteiger partial charge on any atom is 0.412 e. The number of aromatic hydroxyl groups is 2. The lowest BCUT2D eigenvalue weighted by molar-refractivity contribution is 0.0989. The molecule has 8 heteroatoms. The maximum atomic E-state index is 12.1. The molecule has 0 spiro atoms. The highest BCUT2D eigenvalue weighted by molar-refractivity contribution is 6.13. The molecule has 3 rings (SSSR count). The summed E-state index contributed by atoms with van der Waals surface area (Å²) in [5.74, 6) is -0.812. The molecule has 0 saturated carbocycles. The molecule has 2 aromatic carbocycles. The zero-order valence-corrected chi connectivity index (χ0v) is 14.0. The number of hydrogen-bond acceptors (Lipinski definition) is 7. The molecule has 3 aromatic rings. The van der Waals surface area contributed by atoms with Crippen LogP contribution in [0.1, 0.15) is 23.9 Å². The second kappa shape index (κ2) is 6.93. The fourth-order valence-electron chi connectivity index (χ4n) is 2.67. The van der Waals surface area contributed by atoms with Crippen molar-refractivity contribution in [3.05, 3.63) is 30.0 Å². The number of amides is 1. The Labute approximate surface area is 148 Å². The van der Waals surface area contributed by atoms with Gasteiger partial charge in [0.05, 0.1) is 10.8 Å². The standard InChI is InChI=1S/C18H18N2O6/c1-9(21)13-8-11-15(23)14-10(4-2-5-12(14)22)16(17(11)25-13)26-18(24)20-7-3-6-19/h2,4-5,8,22-23H,3,6-7,19H2,1H3,(H,20,24). The van der Waals surface area contributed by atoms with Gasteiger partial charge in [0.25, 0.3) is 0 Å². The van der Waals surface area contributed by atoms with Crippen LogP contribution in [0.2, 0.25) is 0 Å². The number of nitrogens with one attached hydrogen (secondary N) is 1. The van der Waals surface area contributed by atoms with Crippen molar-refractivity contribution in [1.29, 1.82) is 0 Å². The van der Waals surface area contributed by atoms with E-state index >= 15 is 0 Å². The number of phenols is 2. The quantitative estimate of drug-likeness (QED) is 0.407. The summed E-state index contributed by atoms with van der Waals surface area (Å²) in [6, 6.07) is 5.84. The average Bonchev–Trinajstić information content (AvgIpc) is 3.04. The Morgan fingerprint density at radius 2 is 2.04 bits per heavy atom. The predicted octanol–water partition coefficient (Wildman–Crippen LogP) is 2.64. The molecular formula is C18H18N2O6. The highest BCUT2D eigenvalue weighted by Crippen LogP contribution is 2.46. The van der Waals surface area contributed by atoms with Gasteiger partial charge in [0.15, 0.2) is 22.9 Å². The first-order valence-corrected chi connectivity index (χ1v) is 8.01. The Morgan fingerprint density at radius 3 is 2.73 bits per heavy atom. The van der Waals surface area contributed by atoms with E-state index in [1.54, 1.807) is 6.07 Å². The van der Waals surface area contributed by atoms with E-state index in [0.29, 0.717) is 19.5 Å². The summed E-state index contributed by atoms with van der Waals surface area (Å²) in [5.41, 5.74) is 5.43. The number of carbonyl (C=O) groups is 2. The van der Waals surface area contributed by atoms with Gasteiger partial charge in [-0.2, -0.15) is 0 Å². The summed E-state index contributed by atoms with van der Waals surface area (Å²) in [6.07, 6.45) is -0.160. The van der Waals surface area contributed by atoms with Crippen LogP contribution in [0, 0.1) is 0 Å². The molecule has 0 aliphatic rings. The second-order valence-electron chi connectivity index (χ2n) is 5.75. The summed E-state index contributed by atoms with van der Waals surface area (Å²) in [6.45, 7) is 2.06. The monoisotopic (exact) mass is 358 g/mol. The Hall–Kier alpha value is -3.26. The minimum absolute atomic E-state index is 0.00134. The number of Topliss-reactive ketones (excluding diaryl/α,β-unsaturated/α-hetero) is 1. The van der Waals surface area contributed by atoms with Crippen LogP contribution in [0.3, 0.4) is 0 Å². The first-order valence-electron chi connectivity index (χ1n) is 8.01. The largest absolute Gasteiger partial charge is 0.507 e. The minimum atomic E-state index is -0.740. The fourth-order valence-corrected chi connectivity index (χ4v) is 2.67. The molecule has 0 atom stereocenters. The molecule has 1 heterocycles. The Balaban J connectivity index is 2.20. The third-order valence-corrected chi connectivity index (χ3v) is 3.91. The summed E-state index contributed by atoms with van der Waals surface area (Å²) < 4.78 is 10.9. The van der Waals surface area contributed by atoms with Gasteiger partial charge in [-0.25, -0.2) is 4.79 Å². The van der Waals surface area contributed by atoms with Gasteiger partial charge in [0, 0.05) is 18.9 Å². The second-order valence-corrected chi connectivity index (χ2v) is 5.75. The van der Waals surface area contributed by atoms with Gasteiger partial charge >= 0.3 is 6.09 Å². The summed E-state index contributed by atoms with van der Waals surface area (Å²) in [5, 5.41) is 23.7. The maximum absolute atomic E-state index is 12.1. The van der Waals surface area contributed by atoms with E-state index < -0.39 is 6.09 Å². The molecule has 1 amide bonds. The molecule has 0 saturated heterocycles. The van der Waals surface area contributed by atoms with E-state index in [1.807, 2.05) is 0 Å². The summed E-state index contributed by atoms with van der Waals surface area (Å²) in [7, 11) is 0. The molecule has 0 radical (unpaired) electrons. The summed E-state index contributed by atoms with van der Waals surface area (Å²) >= 11 is 0. The number of carbonyl (C=O) groups excluding carboxylic acids is 2. The van der Waals surface area contributed by atoms with Crippen LogP contribution in [0.15, 0.2) is 28.7 Å². The molecule has 8 nitrogen and oxygen atoms in total. The van der Waals surface area contributed by atoms with Crippen LogP contribution in [-0.2, 0) is 0 Å². The molecule has 26 heavy (non-hydrogen) atoms. The van der Waals surface area contributed by atoms with E-state index in [0.717, 1.165) is 0 Å². The number of hydrogen-bond donors (Lipinski definition) is 4. The third-order valence-electron chi connectivity index (χ3n) is 3.91. The van der Waals surface area contributed by atoms with Crippen molar-refractivity contribution in [3.8, 4) is 17.2 Å². The van der Waals surface area contributed by atoms with Crippen LogP contribution in [-0.4, -0.2) is 35.2 Å². The molecule has 0 bridgehead atoms. The van der Waals surface area contributed by atoms with Crippen molar-refractivity contribution in [2.75, 3.05) is 13.1 Å². The van der Waals surface area contributed by atoms with Crippen LogP contribution >= 0.6 is 0 Å². The van der Waals surface area contributed by atoms with E-state index in [1.165, 1.54) is 25.1 Å². The first kappa shape index (κ1) is 17.6. The van der Waals surface area contributed by atoms with Gasteiger partial charge in [0.1, 0.15) is 11.5 Å². The van der Waals surface area contributed by atoms with Gasteiger partial charge in [0.2, 0.25) is 0 Å². The predicted molar refractivity (Wildman–Crippen MR) is 94.8 cm³/mol. The molecule has 136 valence electrons. The van der Waals surface area contributed by atoms with Gasteiger partial charge in [-0.15, -0.1) is 0 Å². The molecule has 1 aromatic heterocycles. The van der Waals surface area contributed by atoms with Gasteiger partial charge in [-0.3, -0.25) is 4.79 Å². The number of rotatable bonds is 5. The number of phenolic OH excluding ortho intramolecular Hbond substituents is 2. The Bertz CT molecular complexity index is 1010. The lowest BCUT2D eigenvalue weighted by Crippen LogP contribution is -2.29. The molecule has 5 N–H and O–H groups in total. The number of ether oxygens (including phenoxy) is 1. The van der Waals surface area contributed by atoms with Crippen LogP contribution in [0.5, 0.6) is 17.2 Å². The molecule has 0 fully saturated rings. The van der Waals surface area contributed by atoms with Crippen molar-refractivity contribution >= 4 is 33.6 Å². The van der Waals surface area contributed by atoms with Gasteiger partial charge in [-0.05, 0) is 25.1 Å². The number of nitrogens with two attached hydrogens (primary N) is 1. The van der Waals surface area contributed by atoms with Crippen molar-refractivity contribution in [2.24, 2.45) is 5.73 Å². The average molecular weight is 358 g/mol. The van der Waals surface area contributed by atoms with Crippen LogP contribution in [0.25, 0.3) is 21.7 Å². The number of fused-ring (bicyclic) bond motifs is 2. The minimum Gasteiger partial charge on any atom is -0.507 e. The van der Waals surface area contributed by atoms with E-state index in [2.05, 4.69) is 5.32 Å². The molecule has 0 unspecified atom stereocenters. The summed E-state index contributed by atoms with van der Waals surface area (Å²) in [4.78, 5) is 23.7. The number of ketones is 1. The zero-order chi connectivity index (χ0) is 18.8. The Kier molecular flexibility index (Phi) is 4.68. The smallest absolute Gasteiger partial charge is 0.412 e. The van der Waals surface area contributed by atoms with Crippen molar-refractivity contribution < 1.29 is 29.0 Å². The van der Waals surface area contributed by atoms with Crippen molar-refractivity contribution in [1.82, 2.24) is 5.32 Å². The lowest BCUT2D eigenvalue weighted by atomic mass is 10.0. The SMILES string of the molecule is CC(=O)c1cc2c(O)c3c(O)cccc3c(OC(=O)NCCCN)c2o1. The molecule has 0 aliphatic heterocycles. The lowest BCUT2D eigenvalue weighted by Gasteiger charge is -2.12. The normalized spacial score (nSPS) is 11.0. The molecular weight excluding hydrogens is 340 g/mol. The highest BCUT2D eigenvalue weighted by atomic mass is 16.6. The van der Waals surface area contributed by atoms with E-state index in [-0.39, 0.29) is 50.5 Å². The van der Waals surface area contributed by atoms with Crippen molar-refractivity contribution in [2.45, 2.75) is 13.3 Å². The van der Waals surface area contributed by atoms with Crippen LogP contribution in [0.4, 0.5) is 4.79 Å². The zero-order valence-electron chi connectivity index (χ0n) is 14.0. The van der Waals surface area contributed by atoms with Crippen LogP contribution < -0.4 is 15.8 Å². The van der Waals surface area contributed by atoms with Crippen molar-refractivity contribution in [3.63, 3.8) is 0 Å². The topological polar surface area (TPSA) is 135 Å². The van der Waals surface area contributed by atoms with Gasteiger partial charge < -0.3 is 30.4 Å². The van der Waals surface area contributed by atoms with Gasteiger partial charge in [-0.1, -0.05) is 12.1 Å².